The summed E-state index contributed by atoms with van der Waals surface area (Å²) in [7, 11) is 4.05. The Labute approximate surface area is 114 Å². The largest absolute Gasteiger partial charge is 0.384 e. The fourth-order valence-corrected chi connectivity index (χ4v) is 3.09. The molecule has 0 aromatic carbocycles. The maximum absolute atomic E-state index is 10.8. The van der Waals surface area contributed by atoms with Gasteiger partial charge < -0.3 is 10.0 Å². The van der Waals surface area contributed by atoms with Crippen LogP contribution in [0.4, 0.5) is 0 Å². The molecule has 2 unspecified atom stereocenters. The number of hydrogen-bond donors (Lipinski definition) is 1. The van der Waals surface area contributed by atoms with Gasteiger partial charge in [-0.1, -0.05) is 18.5 Å². The van der Waals surface area contributed by atoms with Gasteiger partial charge in [0, 0.05) is 6.54 Å². The Kier molecular flexibility index (Phi) is 3.99. The fourth-order valence-electron chi connectivity index (χ4n) is 2.77. The van der Waals surface area contributed by atoms with Crippen molar-refractivity contribution >= 4 is 11.6 Å². The van der Waals surface area contributed by atoms with Crippen LogP contribution in [0, 0.1) is 5.92 Å². The van der Waals surface area contributed by atoms with Gasteiger partial charge in [0.2, 0.25) is 0 Å². The molecule has 1 N–H and O–H groups in total. The first-order chi connectivity index (χ1) is 8.42. The second-order valence-corrected chi connectivity index (χ2v) is 6.15. The van der Waals surface area contributed by atoms with E-state index in [9.17, 15) is 5.11 Å². The molecule has 0 saturated heterocycles. The first kappa shape index (κ1) is 13.8. The molecule has 0 spiro atoms. The van der Waals surface area contributed by atoms with Crippen molar-refractivity contribution in [2.45, 2.75) is 38.3 Å². The molecule has 1 aromatic heterocycles. The van der Waals surface area contributed by atoms with E-state index in [0.29, 0.717) is 10.9 Å². The molecular weight excluding hydrogens is 250 g/mol. The molecule has 0 bridgehead atoms. The van der Waals surface area contributed by atoms with Crippen molar-refractivity contribution in [3.8, 4) is 0 Å². The molecule has 0 aliphatic heterocycles. The van der Waals surface area contributed by atoms with E-state index in [2.05, 4.69) is 16.9 Å². The zero-order valence-corrected chi connectivity index (χ0v) is 12.1. The van der Waals surface area contributed by atoms with E-state index in [1.54, 1.807) is 6.20 Å². The van der Waals surface area contributed by atoms with Crippen LogP contribution in [0.5, 0.6) is 0 Å². The Morgan fingerprint density at radius 3 is 2.89 bits per heavy atom. The van der Waals surface area contributed by atoms with Gasteiger partial charge in [0.15, 0.2) is 0 Å². The van der Waals surface area contributed by atoms with Gasteiger partial charge in [0.1, 0.15) is 5.60 Å². The molecule has 1 aromatic rings. The highest BCUT2D eigenvalue weighted by molar-refractivity contribution is 6.31. The third kappa shape index (κ3) is 2.71. The first-order valence-corrected chi connectivity index (χ1v) is 6.89. The number of hydrogen-bond acceptors (Lipinski definition) is 3. The van der Waals surface area contributed by atoms with Crippen molar-refractivity contribution < 1.29 is 5.11 Å². The van der Waals surface area contributed by atoms with Crippen LogP contribution in [-0.2, 0) is 12.1 Å². The Balaban J connectivity index is 2.23. The standard InChI is InChI=1S/C13H22ClN3O/c1-10-4-5-13(18,8-10)12-11(14)9-15-17(12)7-6-16(2)3/h9-10,18H,4-8H2,1-3H3. The van der Waals surface area contributed by atoms with E-state index in [1.165, 1.54) is 0 Å². The van der Waals surface area contributed by atoms with Crippen molar-refractivity contribution in [1.29, 1.82) is 0 Å². The van der Waals surface area contributed by atoms with Crippen molar-refractivity contribution in [3.05, 3.63) is 16.9 Å². The molecule has 1 saturated carbocycles. The van der Waals surface area contributed by atoms with Crippen LogP contribution >= 0.6 is 11.6 Å². The molecule has 0 radical (unpaired) electrons. The molecule has 5 heteroatoms. The zero-order chi connectivity index (χ0) is 13.3. The maximum Gasteiger partial charge on any atom is 0.108 e. The van der Waals surface area contributed by atoms with Gasteiger partial charge in [-0.3, -0.25) is 4.68 Å². The number of aliphatic hydroxyl groups is 1. The summed E-state index contributed by atoms with van der Waals surface area (Å²) >= 11 is 6.22. The molecule has 2 atom stereocenters. The minimum absolute atomic E-state index is 0.545. The summed E-state index contributed by atoms with van der Waals surface area (Å²) in [6.45, 7) is 3.81. The summed E-state index contributed by atoms with van der Waals surface area (Å²) in [4.78, 5) is 2.10. The summed E-state index contributed by atoms with van der Waals surface area (Å²) < 4.78 is 1.86. The molecule has 102 valence electrons. The van der Waals surface area contributed by atoms with Gasteiger partial charge in [-0.15, -0.1) is 0 Å². The average molecular weight is 272 g/mol. The minimum Gasteiger partial charge on any atom is -0.384 e. The average Bonchev–Trinajstić information content (AvgIpc) is 2.80. The van der Waals surface area contributed by atoms with Gasteiger partial charge >= 0.3 is 0 Å². The van der Waals surface area contributed by atoms with Crippen LogP contribution in [0.3, 0.4) is 0 Å². The zero-order valence-electron chi connectivity index (χ0n) is 11.4. The number of rotatable bonds is 4. The van der Waals surface area contributed by atoms with Crippen molar-refractivity contribution in [2.24, 2.45) is 5.92 Å². The molecule has 18 heavy (non-hydrogen) atoms. The lowest BCUT2D eigenvalue weighted by atomic mass is 9.96. The predicted octanol–water partition coefficient (Wildman–Crippen LogP) is 2.11. The summed E-state index contributed by atoms with van der Waals surface area (Å²) in [6, 6.07) is 0. The molecule has 1 fully saturated rings. The lowest BCUT2D eigenvalue weighted by Crippen LogP contribution is -2.29. The second-order valence-electron chi connectivity index (χ2n) is 5.75. The van der Waals surface area contributed by atoms with E-state index in [-0.39, 0.29) is 0 Å². The van der Waals surface area contributed by atoms with E-state index < -0.39 is 5.60 Å². The molecule has 0 amide bonds. The SMILES string of the molecule is CC1CCC(O)(c2c(Cl)cnn2CCN(C)C)C1. The molecule has 2 rings (SSSR count). The van der Waals surface area contributed by atoms with Crippen molar-refractivity contribution in [3.63, 3.8) is 0 Å². The van der Waals surface area contributed by atoms with Crippen LogP contribution in [0.1, 0.15) is 31.9 Å². The highest BCUT2D eigenvalue weighted by Crippen LogP contribution is 2.44. The maximum atomic E-state index is 10.8. The lowest BCUT2D eigenvalue weighted by Gasteiger charge is -2.25. The Morgan fingerprint density at radius 1 is 1.61 bits per heavy atom. The molecular formula is C13H22ClN3O. The van der Waals surface area contributed by atoms with Gasteiger partial charge in [-0.25, -0.2) is 0 Å². The number of nitrogens with zero attached hydrogens (tertiary/aromatic N) is 3. The van der Waals surface area contributed by atoms with Crippen LogP contribution in [-0.4, -0.2) is 40.4 Å². The smallest absolute Gasteiger partial charge is 0.108 e. The molecule has 4 nitrogen and oxygen atoms in total. The topological polar surface area (TPSA) is 41.3 Å². The van der Waals surface area contributed by atoms with Gasteiger partial charge in [0.25, 0.3) is 0 Å². The Hall–Kier alpha value is -0.580. The Bertz CT molecular complexity index is 418. The summed E-state index contributed by atoms with van der Waals surface area (Å²) in [5, 5.41) is 15.7. The van der Waals surface area contributed by atoms with E-state index >= 15 is 0 Å². The fraction of sp³-hybridized carbons (Fsp3) is 0.769. The van der Waals surface area contributed by atoms with Crippen LogP contribution < -0.4 is 0 Å². The van der Waals surface area contributed by atoms with Crippen molar-refractivity contribution in [1.82, 2.24) is 14.7 Å². The normalized spacial score (nSPS) is 28.2. The lowest BCUT2D eigenvalue weighted by molar-refractivity contribution is 0.0311. The monoisotopic (exact) mass is 271 g/mol. The third-order valence-electron chi connectivity index (χ3n) is 3.73. The van der Waals surface area contributed by atoms with Gasteiger partial charge in [-0.05, 0) is 39.3 Å². The predicted molar refractivity (Wildman–Crippen MR) is 72.7 cm³/mol. The van der Waals surface area contributed by atoms with Crippen LogP contribution in [0.15, 0.2) is 6.20 Å². The summed E-state index contributed by atoms with van der Waals surface area (Å²) in [6.07, 6.45) is 4.25. The highest BCUT2D eigenvalue weighted by Gasteiger charge is 2.41. The highest BCUT2D eigenvalue weighted by atomic mass is 35.5. The number of halogens is 1. The summed E-state index contributed by atoms with van der Waals surface area (Å²) in [5.41, 5.74) is 0.00892. The molecule has 1 aliphatic carbocycles. The quantitative estimate of drug-likeness (QED) is 0.912. The molecule has 1 aliphatic rings. The van der Waals surface area contributed by atoms with Gasteiger partial charge in [0.05, 0.1) is 23.5 Å². The Morgan fingerprint density at radius 2 is 2.33 bits per heavy atom. The van der Waals surface area contributed by atoms with E-state index in [4.69, 9.17) is 11.6 Å². The second kappa shape index (κ2) is 5.19. The molecule has 1 heterocycles. The summed E-state index contributed by atoms with van der Waals surface area (Å²) in [5.74, 6) is 0.545. The third-order valence-corrected chi connectivity index (χ3v) is 4.01. The first-order valence-electron chi connectivity index (χ1n) is 6.51. The van der Waals surface area contributed by atoms with Gasteiger partial charge in [-0.2, -0.15) is 5.10 Å². The number of aromatic nitrogens is 2. The van der Waals surface area contributed by atoms with E-state index in [1.807, 2.05) is 18.8 Å². The van der Waals surface area contributed by atoms with E-state index in [0.717, 1.165) is 38.0 Å². The van der Waals surface area contributed by atoms with Crippen LogP contribution in [0.2, 0.25) is 5.02 Å². The van der Waals surface area contributed by atoms with Crippen LogP contribution in [0.25, 0.3) is 0 Å². The van der Waals surface area contributed by atoms with Crippen molar-refractivity contribution in [2.75, 3.05) is 20.6 Å². The minimum atomic E-state index is -0.792. The number of likely N-dealkylation sites (N-methyl/N-ethyl adjacent to an activating group) is 1.